The van der Waals surface area contributed by atoms with Crippen LogP contribution in [-0.4, -0.2) is 31.6 Å². The van der Waals surface area contributed by atoms with Gasteiger partial charge in [-0.3, -0.25) is 10.1 Å². The molecule has 1 aromatic carbocycles. The maximum atomic E-state index is 12.9. The number of nitrogens with one attached hydrogen (secondary N) is 2. The molecule has 2 aromatic rings. The third-order valence-corrected chi connectivity index (χ3v) is 10.2. The van der Waals surface area contributed by atoms with Crippen molar-refractivity contribution in [2.45, 2.75) is 62.7 Å². The van der Waals surface area contributed by atoms with Crippen LogP contribution in [0.25, 0.3) is 0 Å². The van der Waals surface area contributed by atoms with Crippen LogP contribution in [0.5, 0.6) is 0 Å². The summed E-state index contributed by atoms with van der Waals surface area (Å²) in [4.78, 5) is 13.0. The van der Waals surface area contributed by atoms with E-state index in [4.69, 9.17) is 0 Å². The zero-order valence-corrected chi connectivity index (χ0v) is 19.7. The molecule has 166 valence electrons. The van der Waals surface area contributed by atoms with Gasteiger partial charge in [0.1, 0.15) is 5.01 Å². The molecule has 0 saturated heterocycles. The number of carbonyl (C=O) groups excluding carboxylic acids is 1. The summed E-state index contributed by atoms with van der Waals surface area (Å²) in [5.41, 5.74) is 1.81. The molecule has 0 unspecified atom stereocenters. The Morgan fingerprint density at radius 2 is 1.68 bits per heavy atom. The number of benzene rings is 1. The highest BCUT2D eigenvalue weighted by atomic mass is 32.2. The van der Waals surface area contributed by atoms with Crippen LogP contribution < -0.4 is 10.0 Å². The smallest absolute Gasteiger partial charge is 0.257 e. The standard InChI is InChI=1S/C22H28N4O3S2/c1-12-4-17(8-18(13(12)2)31(28,29)23-3)19(27)24-21-26-25-20(30-21)22-9-14-5-15(10-22)7-16(6-14)11-22/h4,8,14-16,23H,5-7,9-11H2,1-3H3,(H,24,26,27). The van der Waals surface area contributed by atoms with E-state index in [0.717, 1.165) is 28.3 Å². The van der Waals surface area contributed by atoms with Crippen LogP contribution in [0.2, 0.25) is 0 Å². The van der Waals surface area contributed by atoms with E-state index in [9.17, 15) is 13.2 Å². The molecular formula is C22H28N4O3S2. The van der Waals surface area contributed by atoms with Gasteiger partial charge in [0, 0.05) is 11.0 Å². The number of aromatic nitrogens is 2. The Hall–Kier alpha value is -1.84. The topological polar surface area (TPSA) is 101 Å². The molecule has 9 heteroatoms. The van der Waals surface area contributed by atoms with Gasteiger partial charge in [-0.05, 0) is 100 Å². The zero-order valence-electron chi connectivity index (χ0n) is 18.1. The van der Waals surface area contributed by atoms with E-state index in [1.807, 2.05) is 0 Å². The Morgan fingerprint density at radius 1 is 1.06 bits per heavy atom. The average molecular weight is 461 g/mol. The van der Waals surface area contributed by atoms with Crippen LogP contribution in [0.4, 0.5) is 5.13 Å². The number of carbonyl (C=O) groups is 1. The molecule has 2 N–H and O–H groups in total. The fourth-order valence-electron chi connectivity index (χ4n) is 6.38. The Balaban J connectivity index is 1.39. The second-order valence-corrected chi connectivity index (χ2v) is 12.5. The lowest BCUT2D eigenvalue weighted by Gasteiger charge is -2.55. The van der Waals surface area contributed by atoms with Crippen molar-refractivity contribution < 1.29 is 13.2 Å². The predicted molar refractivity (Wildman–Crippen MR) is 120 cm³/mol. The van der Waals surface area contributed by atoms with E-state index in [-0.39, 0.29) is 16.2 Å². The molecule has 4 saturated carbocycles. The van der Waals surface area contributed by atoms with Gasteiger partial charge in [-0.2, -0.15) is 0 Å². The Kier molecular flexibility index (Phi) is 4.99. The minimum absolute atomic E-state index is 0.117. The summed E-state index contributed by atoms with van der Waals surface area (Å²) in [7, 11) is -2.29. The Bertz CT molecular complexity index is 1120. The summed E-state index contributed by atoms with van der Waals surface area (Å²) < 4.78 is 27.0. The fraction of sp³-hybridized carbons (Fsp3) is 0.591. The first-order chi connectivity index (χ1) is 14.7. The van der Waals surface area contributed by atoms with Crippen LogP contribution in [0.3, 0.4) is 0 Å². The third-order valence-electron chi connectivity index (χ3n) is 7.58. The van der Waals surface area contributed by atoms with Gasteiger partial charge < -0.3 is 0 Å². The van der Waals surface area contributed by atoms with Crippen molar-refractivity contribution in [3.63, 3.8) is 0 Å². The molecule has 0 radical (unpaired) electrons. The Morgan fingerprint density at radius 3 is 2.26 bits per heavy atom. The van der Waals surface area contributed by atoms with Gasteiger partial charge in [-0.15, -0.1) is 10.2 Å². The number of rotatable bonds is 5. The van der Waals surface area contributed by atoms with Gasteiger partial charge in [0.15, 0.2) is 0 Å². The molecule has 31 heavy (non-hydrogen) atoms. The second-order valence-electron chi connectivity index (χ2n) is 9.69. The summed E-state index contributed by atoms with van der Waals surface area (Å²) in [6.07, 6.45) is 7.70. The summed E-state index contributed by atoms with van der Waals surface area (Å²) in [6.45, 7) is 3.54. The van der Waals surface area contributed by atoms with E-state index in [1.165, 1.54) is 63.0 Å². The number of anilines is 1. The molecule has 7 nitrogen and oxygen atoms in total. The molecule has 1 amide bonds. The van der Waals surface area contributed by atoms with E-state index < -0.39 is 10.0 Å². The van der Waals surface area contributed by atoms with Gasteiger partial charge in [0.2, 0.25) is 15.2 Å². The molecule has 4 fully saturated rings. The highest BCUT2D eigenvalue weighted by Crippen LogP contribution is 2.61. The first-order valence-corrected chi connectivity index (χ1v) is 13.2. The zero-order chi connectivity index (χ0) is 22.0. The first-order valence-electron chi connectivity index (χ1n) is 10.9. The van der Waals surface area contributed by atoms with Crippen molar-refractivity contribution in [1.29, 1.82) is 0 Å². The number of hydrogen-bond donors (Lipinski definition) is 2. The van der Waals surface area contributed by atoms with Gasteiger partial charge in [0.05, 0.1) is 4.90 Å². The lowest BCUT2D eigenvalue weighted by molar-refractivity contribution is -0.00555. The van der Waals surface area contributed by atoms with Gasteiger partial charge in [-0.1, -0.05) is 11.3 Å². The summed E-state index contributed by atoms with van der Waals surface area (Å²) in [5.74, 6) is 2.08. The maximum absolute atomic E-state index is 12.9. The highest BCUT2D eigenvalue weighted by Gasteiger charge is 2.53. The fourth-order valence-corrected chi connectivity index (χ4v) is 8.40. The van der Waals surface area contributed by atoms with Gasteiger partial charge in [0.25, 0.3) is 5.91 Å². The number of sulfonamides is 1. The minimum Gasteiger partial charge on any atom is -0.296 e. The summed E-state index contributed by atoms with van der Waals surface area (Å²) in [5, 5.41) is 13.2. The molecular weight excluding hydrogens is 432 g/mol. The van der Waals surface area contributed by atoms with E-state index >= 15 is 0 Å². The van der Waals surface area contributed by atoms with Crippen LogP contribution >= 0.6 is 11.3 Å². The van der Waals surface area contributed by atoms with Gasteiger partial charge >= 0.3 is 0 Å². The van der Waals surface area contributed by atoms with Crippen LogP contribution in [0, 0.1) is 31.6 Å². The van der Waals surface area contributed by atoms with Crippen molar-refractivity contribution >= 4 is 32.4 Å². The van der Waals surface area contributed by atoms with E-state index in [2.05, 4.69) is 20.2 Å². The minimum atomic E-state index is -3.66. The maximum Gasteiger partial charge on any atom is 0.257 e. The molecule has 4 aliphatic carbocycles. The SMILES string of the molecule is CNS(=O)(=O)c1cc(C(=O)Nc2nnc(C34CC5CC(CC(C5)C3)C4)s2)cc(C)c1C. The molecule has 0 aliphatic heterocycles. The van der Waals surface area contributed by atoms with Gasteiger partial charge in [-0.25, -0.2) is 13.1 Å². The van der Waals surface area contributed by atoms with E-state index in [0.29, 0.717) is 16.3 Å². The number of aryl methyl sites for hydroxylation is 1. The van der Waals surface area contributed by atoms with E-state index in [1.54, 1.807) is 19.9 Å². The normalized spacial score (nSPS) is 29.3. The van der Waals surface area contributed by atoms with Crippen LogP contribution in [0.15, 0.2) is 17.0 Å². The molecule has 0 atom stereocenters. The van der Waals surface area contributed by atoms with Crippen molar-refractivity contribution in [3.05, 3.63) is 33.8 Å². The number of amides is 1. The first kappa shape index (κ1) is 21.0. The predicted octanol–water partition coefficient (Wildman–Crippen LogP) is 3.78. The average Bonchev–Trinajstić information content (AvgIpc) is 3.18. The Labute approximate surface area is 187 Å². The molecule has 1 heterocycles. The second kappa shape index (κ2) is 7.35. The summed E-state index contributed by atoms with van der Waals surface area (Å²) >= 11 is 1.48. The van der Waals surface area contributed by atoms with Crippen molar-refractivity contribution in [3.8, 4) is 0 Å². The molecule has 4 aliphatic rings. The van der Waals surface area contributed by atoms with Crippen molar-refractivity contribution in [2.24, 2.45) is 17.8 Å². The van der Waals surface area contributed by atoms with Crippen molar-refractivity contribution in [1.82, 2.24) is 14.9 Å². The summed E-state index contributed by atoms with van der Waals surface area (Å²) in [6, 6.07) is 3.13. The molecule has 6 rings (SSSR count). The van der Waals surface area contributed by atoms with Crippen molar-refractivity contribution in [2.75, 3.05) is 12.4 Å². The molecule has 4 bridgehead atoms. The number of hydrogen-bond acceptors (Lipinski definition) is 6. The lowest BCUT2D eigenvalue weighted by atomic mass is 9.50. The van der Waals surface area contributed by atoms with Crippen LogP contribution in [0.1, 0.15) is 65.0 Å². The monoisotopic (exact) mass is 460 g/mol. The molecule has 1 aromatic heterocycles. The lowest BCUT2D eigenvalue weighted by Crippen LogP contribution is -2.48. The molecule has 0 spiro atoms. The van der Waals surface area contributed by atoms with Crippen LogP contribution in [-0.2, 0) is 15.4 Å². The third kappa shape index (κ3) is 3.60. The number of nitrogens with zero attached hydrogens (tertiary/aromatic N) is 2. The largest absolute Gasteiger partial charge is 0.296 e. The quantitative estimate of drug-likeness (QED) is 0.707. The highest BCUT2D eigenvalue weighted by molar-refractivity contribution is 7.89.